The summed E-state index contributed by atoms with van der Waals surface area (Å²) in [5.41, 5.74) is 0.547. The number of carbonyl (C=O) groups excluding carboxylic acids is 2. The Kier molecular flexibility index (Phi) is 2.64. The molecule has 0 aromatic carbocycles. The first kappa shape index (κ1) is 10.7. The van der Waals surface area contributed by atoms with Gasteiger partial charge in [-0.15, -0.1) is 0 Å². The first-order valence-electron chi connectivity index (χ1n) is 5.04. The largest absolute Gasteiger partial charge is 0.464 e. The predicted molar refractivity (Wildman–Crippen MR) is 55.9 cm³/mol. The number of aromatic nitrogens is 2. The molecule has 1 aliphatic carbocycles. The molecule has 1 fully saturated rings. The molecular weight excluding hydrogens is 210 g/mol. The van der Waals surface area contributed by atoms with E-state index in [9.17, 15) is 9.59 Å². The van der Waals surface area contributed by atoms with Gasteiger partial charge in [-0.3, -0.25) is 9.48 Å². The number of esters is 1. The van der Waals surface area contributed by atoms with Crippen LogP contribution in [0.15, 0.2) is 6.20 Å². The van der Waals surface area contributed by atoms with Crippen LogP contribution in [-0.4, -0.2) is 28.8 Å². The van der Waals surface area contributed by atoms with E-state index >= 15 is 0 Å². The maximum Gasteiger partial charge on any atom is 0.360 e. The Morgan fingerprint density at radius 1 is 1.56 bits per heavy atom. The van der Waals surface area contributed by atoms with Gasteiger partial charge >= 0.3 is 5.97 Å². The van der Waals surface area contributed by atoms with E-state index in [2.05, 4.69) is 15.2 Å². The molecule has 6 nitrogen and oxygen atoms in total. The number of nitrogens with one attached hydrogen (secondary N) is 1. The molecule has 2 rings (SSSR count). The van der Waals surface area contributed by atoms with Crippen molar-refractivity contribution in [2.45, 2.75) is 12.8 Å². The molecule has 0 bridgehead atoms. The molecule has 86 valence electrons. The van der Waals surface area contributed by atoms with Crippen LogP contribution in [0.5, 0.6) is 0 Å². The molecule has 6 heteroatoms. The smallest absolute Gasteiger partial charge is 0.360 e. The van der Waals surface area contributed by atoms with E-state index in [1.807, 2.05) is 0 Å². The molecule has 0 saturated heterocycles. The number of rotatable bonds is 3. The van der Waals surface area contributed by atoms with Gasteiger partial charge in [-0.05, 0) is 12.8 Å². The van der Waals surface area contributed by atoms with E-state index in [1.54, 1.807) is 13.2 Å². The molecule has 0 unspecified atom stereocenters. The fraction of sp³-hybridized carbons (Fsp3) is 0.500. The third-order valence-corrected chi connectivity index (χ3v) is 2.41. The molecule has 16 heavy (non-hydrogen) atoms. The van der Waals surface area contributed by atoms with Gasteiger partial charge in [-0.1, -0.05) is 0 Å². The Morgan fingerprint density at radius 3 is 2.81 bits per heavy atom. The van der Waals surface area contributed by atoms with Crippen molar-refractivity contribution in [2.75, 3.05) is 12.4 Å². The van der Waals surface area contributed by atoms with Crippen molar-refractivity contribution in [1.82, 2.24) is 9.78 Å². The lowest BCUT2D eigenvalue weighted by molar-refractivity contribution is -0.117. The van der Waals surface area contributed by atoms with Crippen LogP contribution < -0.4 is 5.32 Å². The first-order chi connectivity index (χ1) is 7.61. The second-order valence-electron chi connectivity index (χ2n) is 3.82. The van der Waals surface area contributed by atoms with E-state index in [4.69, 9.17) is 0 Å². The molecule has 1 heterocycles. The number of nitrogens with zero attached hydrogens (tertiary/aromatic N) is 2. The summed E-state index contributed by atoms with van der Waals surface area (Å²) in [5.74, 6) is -0.518. The van der Waals surface area contributed by atoms with Crippen LogP contribution in [0, 0.1) is 5.92 Å². The molecule has 1 saturated carbocycles. The molecule has 0 atom stereocenters. The molecule has 1 amide bonds. The number of hydrogen-bond acceptors (Lipinski definition) is 4. The normalized spacial score (nSPS) is 14.6. The minimum atomic E-state index is -0.549. The number of methoxy groups -OCH3 is 1. The fourth-order valence-electron chi connectivity index (χ4n) is 1.41. The molecule has 0 radical (unpaired) electrons. The lowest BCUT2D eigenvalue weighted by Gasteiger charge is -2.02. The Hall–Kier alpha value is -1.85. The topological polar surface area (TPSA) is 73.2 Å². The zero-order chi connectivity index (χ0) is 11.7. The minimum absolute atomic E-state index is 0.0573. The second-order valence-corrected chi connectivity index (χ2v) is 3.82. The zero-order valence-electron chi connectivity index (χ0n) is 9.19. The van der Waals surface area contributed by atoms with E-state index in [1.165, 1.54) is 11.8 Å². The highest BCUT2D eigenvalue weighted by atomic mass is 16.5. The van der Waals surface area contributed by atoms with Gasteiger partial charge in [0, 0.05) is 19.2 Å². The van der Waals surface area contributed by atoms with Crippen LogP contribution >= 0.6 is 0 Å². The Morgan fingerprint density at radius 2 is 2.25 bits per heavy atom. The molecule has 0 aliphatic heterocycles. The van der Waals surface area contributed by atoms with Crippen molar-refractivity contribution in [1.29, 1.82) is 0 Å². The van der Waals surface area contributed by atoms with Crippen LogP contribution in [0.1, 0.15) is 23.3 Å². The maximum absolute atomic E-state index is 11.5. The summed E-state index contributed by atoms with van der Waals surface area (Å²) in [7, 11) is 2.96. The lowest BCUT2D eigenvalue weighted by Crippen LogP contribution is -2.15. The number of aryl methyl sites for hydroxylation is 1. The van der Waals surface area contributed by atoms with Crippen molar-refractivity contribution in [3.05, 3.63) is 11.9 Å². The van der Waals surface area contributed by atoms with Crippen molar-refractivity contribution in [3.63, 3.8) is 0 Å². The van der Waals surface area contributed by atoms with Crippen molar-refractivity contribution < 1.29 is 14.3 Å². The highest BCUT2D eigenvalue weighted by molar-refractivity contribution is 6.01. The highest BCUT2D eigenvalue weighted by Crippen LogP contribution is 2.30. The van der Waals surface area contributed by atoms with Gasteiger partial charge < -0.3 is 10.1 Å². The number of hydrogen-bond donors (Lipinski definition) is 1. The minimum Gasteiger partial charge on any atom is -0.464 e. The van der Waals surface area contributed by atoms with Crippen molar-refractivity contribution in [3.8, 4) is 0 Å². The zero-order valence-corrected chi connectivity index (χ0v) is 9.19. The van der Waals surface area contributed by atoms with Gasteiger partial charge in [0.25, 0.3) is 0 Å². The van der Waals surface area contributed by atoms with E-state index < -0.39 is 5.97 Å². The van der Waals surface area contributed by atoms with Crippen molar-refractivity contribution >= 4 is 17.6 Å². The third-order valence-electron chi connectivity index (χ3n) is 2.41. The average molecular weight is 223 g/mol. The number of anilines is 1. The Bertz CT molecular complexity index is 435. The molecular formula is C10H13N3O3. The highest BCUT2D eigenvalue weighted by Gasteiger charge is 2.31. The van der Waals surface area contributed by atoms with E-state index in [0.717, 1.165) is 12.8 Å². The number of carbonyl (C=O) groups is 2. The summed E-state index contributed by atoms with van der Waals surface area (Å²) < 4.78 is 6.05. The molecule has 0 spiro atoms. The first-order valence-corrected chi connectivity index (χ1v) is 5.04. The Balaban J connectivity index is 2.18. The van der Waals surface area contributed by atoms with Crippen LogP contribution in [-0.2, 0) is 16.6 Å². The van der Waals surface area contributed by atoms with Crippen molar-refractivity contribution in [2.24, 2.45) is 13.0 Å². The maximum atomic E-state index is 11.5. The van der Waals surface area contributed by atoms with Gasteiger partial charge in [0.1, 0.15) is 0 Å². The summed E-state index contributed by atoms with van der Waals surface area (Å²) >= 11 is 0. The summed E-state index contributed by atoms with van der Waals surface area (Å²) in [6, 6.07) is 0. The van der Waals surface area contributed by atoms with Gasteiger partial charge in [0.05, 0.1) is 12.8 Å². The predicted octanol–water partition coefficient (Wildman–Crippen LogP) is 0.555. The average Bonchev–Trinajstić information content (AvgIpc) is 3.03. The van der Waals surface area contributed by atoms with Crippen LogP contribution in [0.2, 0.25) is 0 Å². The molecule has 1 aliphatic rings. The van der Waals surface area contributed by atoms with Gasteiger partial charge in [-0.25, -0.2) is 4.79 Å². The molecule has 1 aromatic rings. The van der Waals surface area contributed by atoms with Gasteiger partial charge in [0.15, 0.2) is 5.69 Å². The Labute approximate surface area is 92.6 Å². The number of amides is 1. The number of ether oxygens (including phenoxy) is 1. The van der Waals surface area contributed by atoms with E-state index in [-0.39, 0.29) is 17.5 Å². The van der Waals surface area contributed by atoms with Crippen LogP contribution in [0.4, 0.5) is 5.69 Å². The van der Waals surface area contributed by atoms with Gasteiger partial charge in [-0.2, -0.15) is 5.10 Å². The quantitative estimate of drug-likeness (QED) is 0.760. The SMILES string of the molecule is COC(=O)c1nn(C)cc1NC(=O)C1CC1. The monoisotopic (exact) mass is 223 g/mol. The second kappa shape index (κ2) is 3.96. The standard InChI is InChI=1S/C10H13N3O3/c1-13-5-7(8(12-13)10(15)16-2)11-9(14)6-3-4-6/h5-6H,3-4H2,1-2H3,(H,11,14). The molecule has 1 aromatic heterocycles. The summed E-state index contributed by atoms with van der Waals surface area (Å²) in [4.78, 5) is 22.9. The fourth-order valence-corrected chi connectivity index (χ4v) is 1.41. The summed E-state index contributed by atoms with van der Waals surface area (Å²) in [6.07, 6.45) is 3.42. The van der Waals surface area contributed by atoms with Crippen LogP contribution in [0.25, 0.3) is 0 Å². The summed E-state index contributed by atoms with van der Waals surface area (Å²) in [6.45, 7) is 0. The van der Waals surface area contributed by atoms with E-state index in [0.29, 0.717) is 5.69 Å². The molecule has 1 N–H and O–H groups in total. The lowest BCUT2D eigenvalue weighted by atomic mass is 10.3. The van der Waals surface area contributed by atoms with Gasteiger partial charge in [0.2, 0.25) is 5.91 Å². The third kappa shape index (κ3) is 2.05. The summed E-state index contributed by atoms with van der Waals surface area (Å²) in [5, 5.41) is 6.63. The van der Waals surface area contributed by atoms with Crippen LogP contribution in [0.3, 0.4) is 0 Å².